The van der Waals surface area contributed by atoms with Crippen LogP contribution in [0.2, 0.25) is 0 Å². The van der Waals surface area contributed by atoms with Gasteiger partial charge in [0.25, 0.3) is 5.92 Å². The number of carbonyl (C=O) groups excluding carboxylic acids is 1. The Kier molecular flexibility index (Phi) is 1.49. The summed E-state index contributed by atoms with van der Waals surface area (Å²) >= 11 is 0. The monoisotopic (exact) mass is 177 g/mol. The molecule has 1 aliphatic carbocycles. The van der Waals surface area contributed by atoms with Crippen molar-refractivity contribution >= 4 is 6.09 Å². The van der Waals surface area contributed by atoms with E-state index in [1.165, 1.54) is 0 Å². The van der Waals surface area contributed by atoms with E-state index in [0.717, 1.165) is 0 Å². The number of carbonyl (C=O) groups is 1. The summed E-state index contributed by atoms with van der Waals surface area (Å²) < 4.78 is 30.7. The lowest BCUT2D eigenvalue weighted by Gasteiger charge is -2.30. The summed E-state index contributed by atoms with van der Waals surface area (Å²) in [6.07, 6.45) is -0.534. The molecule has 2 unspecified atom stereocenters. The fourth-order valence-corrected chi connectivity index (χ4v) is 1.76. The first-order valence-electron chi connectivity index (χ1n) is 3.94. The summed E-state index contributed by atoms with van der Waals surface area (Å²) in [6, 6.07) is -1.10. The van der Waals surface area contributed by atoms with E-state index in [-0.39, 0.29) is 6.42 Å². The van der Waals surface area contributed by atoms with E-state index in [0.29, 0.717) is 12.8 Å². The molecule has 2 fully saturated rings. The number of fused-ring (bicyclic) bond motifs is 1. The molecule has 1 N–H and O–H groups in total. The number of hydrogen-bond donors (Lipinski definition) is 1. The van der Waals surface area contributed by atoms with Gasteiger partial charge in [0.15, 0.2) is 0 Å². The number of alkyl carbamates (subject to hydrolysis) is 1. The maximum Gasteiger partial charge on any atom is 0.408 e. The predicted octanol–water partition coefficient (Wildman–Crippen LogP) is 1.28. The van der Waals surface area contributed by atoms with Crippen LogP contribution >= 0.6 is 0 Å². The molecule has 1 amide bonds. The number of hydrogen-bond acceptors (Lipinski definition) is 2. The quantitative estimate of drug-likeness (QED) is 0.605. The van der Waals surface area contributed by atoms with E-state index < -0.39 is 24.2 Å². The zero-order chi connectivity index (χ0) is 8.77. The highest BCUT2D eigenvalue weighted by Crippen LogP contribution is 2.37. The average molecular weight is 177 g/mol. The van der Waals surface area contributed by atoms with Crippen LogP contribution in [-0.4, -0.2) is 24.2 Å². The molecule has 0 aromatic carbocycles. The molecule has 3 nitrogen and oxygen atoms in total. The molecule has 2 rings (SSSR count). The molecule has 12 heavy (non-hydrogen) atoms. The Morgan fingerprint density at radius 1 is 1.58 bits per heavy atom. The van der Waals surface area contributed by atoms with E-state index in [4.69, 9.17) is 0 Å². The molecule has 1 aliphatic heterocycles. The third-order valence-electron chi connectivity index (χ3n) is 2.36. The normalized spacial score (nSPS) is 38.3. The minimum absolute atomic E-state index is 0.155. The lowest BCUT2D eigenvalue weighted by atomic mass is 9.90. The summed E-state index contributed by atoms with van der Waals surface area (Å²) in [4.78, 5) is 10.6. The van der Waals surface area contributed by atoms with Gasteiger partial charge in [0, 0.05) is 6.42 Å². The largest absolute Gasteiger partial charge is 0.444 e. The molecule has 5 heteroatoms. The van der Waals surface area contributed by atoms with Crippen LogP contribution in [0.4, 0.5) is 13.6 Å². The first kappa shape index (κ1) is 7.76. The summed E-state index contributed by atoms with van der Waals surface area (Å²) in [6.45, 7) is 0. The fourth-order valence-electron chi connectivity index (χ4n) is 1.76. The molecule has 68 valence electrons. The minimum Gasteiger partial charge on any atom is -0.444 e. The lowest BCUT2D eigenvalue weighted by molar-refractivity contribution is -0.0818. The molecule has 0 bridgehead atoms. The lowest BCUT2D eigenvalue weighted by Crippen LogP contribution is -2.50. The van der Waals surface area contributed by atoms with E-state index >= 15 is 0 Å². The Hall–Kier alpha value is -0.870. The van der Waals surface area contributed by atoms with Crippen LogP contribution in [0.5, 0.6) is 0 Å². The van der Waals surface area contributed by atoms with Crippen LogP contribution in [0.3, 0.4) is 0 Å². The van der Waals surface area contributed by atoms with Crippen molar-refractivity contribution < 1.29 is 18.3 Å². The Morgan fingerprint density at radius 2 is 2.33 bits per heavy atom. The highest BCUT2D eigenvalue weighted by Gasteiger charge is 2.53. The van der Waals surface area contributed by atoms with Gasteiger partial charge in [-0.05, 0) is 12.8 Å². The highest BCUT2D eigenvalue weighted by atomic mass is 19.3. The molecule has 0 aromatic heterocycles. The van der Waals surface area contributed by atoms with Crippen molar-refractivity contribution in [3.63, 3.8) is 0 Å². The van der Waals surface area contributed by atoms with Gasteiger partial charge in [0.2, 0.25) is 0 Å². The number of amides is 1. The third-order valence-corrected chi connectivity index (χ3v) is 2.36. The van der Waals surface area contributed by atoms with Crippen molar-refractivity contribution in [1.82, 2.24) is 5.32 Å². The zero-order valence-corrected chi connectivity index (χ0v) is 6.35. The fraction of sp³-hybridized carbons (Fsp3) is 0.857. The van der Waals surface area contributed by atoms with Crippen LogP contribution in [0.1, 0.15) is 19.3 Å². The maximum atomic E-state index is 13.0. The van der Waals surface area contributed by atoms with Gasteiger partial charge in [-0.25, -0.2) is 13.6 Å². The molecule has 0 spiro atoms. The van der Waals surface area contributed by atoms with Crippen LogP contribution in [-0.2, 0) is 4.74 Å². The second-order valence-corrected chi connectivity index (χ2v) is 3.22. The van der Waals surface area contributed by atoms with E-state index in [9.17, 15) is 13.6 Å². The van der Waals surface area contributed by atoms with Gasteiger partial charge in [-0.1, -0.05) is 0 Å². The Morgan fingerprint density at radius 3 is 3.00 bits per heavy atom. The molecular formula is C7H9F2NO2. The zero-order valence-electron chi connectivity index (χ0n) is 6.35. The molecule has 2 atom stereocenters. The van der Waals surface area contributed by atoms with Crippen molar-refractivity contribution in [2.45, 2.75) is 37.3 Å². The molecule has 0 radical (unpaired) electrons. The summed E-state index contributed by atoms with van der Waals surface area (Å²) in [5.74, 6) is -2.80. The van der Waals surface area contributed by atoms with E-state index in [1.54, 1.807) is 0 Å². The number of rotatable bonds is 0. The SMILES string of the molecule is O=C1NC2C(CCCC2(F)F)O1. The first-order chi connectivity index (χ1) is 5.59. The van der Waals surface area contributed by atoms with Gasteiger partial charge in [-0.15, -0.1) is 0 Å². The van der Waals surface area contributed by atoms with Gasteiger partial charge >= 0.3 is 6.09 Å². The molecule has 1 saturated carbocycles. The van der Waals surface area contributed by atoms with Crippen LogP contribution in [0.25, 0.3) is 0 Å². The van der Waals surface area contributed by atoms with Crippen LogP contribution < -0.4 is 5.32 Å². The standard InChI is InChI=1S/C7H9F2NO2/c8-7(9)3-1-2-4-5(7)10-6(11)12-4/h4-5H,1-3H2,(H,10,11). The second kappa shape index (κ2) is 2.31. The smallest absolute Gasteiger partial charge is 0.408 e. The summed E-state index contributed by atoms with van der Waals surface area (Å²) in [5, 5.41) is 2.13. The molecule has 0 aromatic rings. The van der Waals surface area contributed by atoms with Crippen molar-refractivity contribution in [3.8, 4) is 0 Å². The van der Waals surface area contributed by atoms with Crippen molar-refractivity contribution in [3.05, 3.63) is 0 Å². The van der Waals surface area contributed by atoms with Gasteiger partial charge in [-0.3, -0.25) is 0 Å². The Balaban J connectivity index is 2.18. The van der Waals surface area contributed by atoms with Crippen molar-refractivity contribution in [2.24, 2.45) is 0 Å². The highest BCUT2D eigenvalue weighted by molar-refractivity contribution is 5.70. The van der Waals surface area contributed by atoms with E-state index in [2.05, 4.69) is 10.1 Å². The molecule has 1 saturated heterocycles. The average Bonchev–Trinajstić information content (AvgIpc) is 2.30. The number of halogens is 2. The topological polar surface area (TPSA) is 38.3 Å². The maximum absolute atomic E-state index is 13.0. The summed E-state index contributed by atoms with van der Waals surface area (Å²) in [5.41, 5.74) is 0. The van der Waals surface area contributed by atoms with E-state index in [1.807, 2.05) is 0 Å². The van der Waals surface area contributed by atoms with Gasteiger partial charge < -0.3 is 10.1 Å². The third kappa shape index (κ3) is 1.04. The van der Waals surface area contributed by atoms with Crippen molar-refractivity contribution in [1.29, 1.82) is 0 Å². The van der Waals surface area contributed by atoms with Crippen LogP contribution in [0, 0.1) is 0 Å². The molecule has 2 aliphatic rings. The Bertz CT molecular complexity index is 219. The van der Waals surface area contributed by atoms with Crippen molar-refractivity contribution in [2.75, 3.05) is 0 Å². The Labute approximate surface area is 68.1 Å². The number of ether oxygens (including phenoxy) is 1. The van der Waals surface area contributed by atoms with Crippen LogP contribution in [0.15, 0.2) is 0 Å². The summed E-state index contributed by atoms with van der Waals surface area (Å²) in [7, 11) is 0. The minimum atomic E-state index is -2.80. The first-order valence-corrected chi connectivity index (χ1v) is 3.94. The van der Waals surface area contributed by atoms with Gasteiger partial charge in [0.1, 0.15) is 12.1 Å². The number of nitrogens with one attached hydrogen (secondary N) is 1. The molecular weight excluding hydrogens is 168 g/mol. The number of alkyl halides is 2. The van der Waals surface area contributed by atoms with Gasteiger partial charge in [0.05, 0.1) is 0 Å². The molecule has 1 heterocycles. The van der Waals surface area contributed by atoms with Gasteiger partial charge in [-0.2, -0.15) is 0 Å². The second-order valence-electron chi connectivity index (χ2n) is 3.22. The predicted molar refractivity (Wildman–Crippen MR) is 36.0 cm³/mol.